The van der Waals surface area contributed by atoms with Crippen LogP contribution in [0, 0.1) is 17.2 Å². The molecule has 0 aromatic heterocycles. The van der Waals surface area contributed by atoms with Gasteiger partial charge in [0.2, 0.25) is 6.10 Å². The fourth-order valence-corrected chi connectivity index (χ4v) is 4.83. The lowest BCUT2D eigenvalue weighted by Gasteiger charge is -2.41. The smallest absolute Gasteiger partial charge is 0.315 e. The van der Waals surface area contributed by atoms with E-state index in [-0.39, 0.29) is 5.92 Å². The molecule has 0 saturated carbocycles. The number of para-hydroxylation sites is 1. The average Bonchev–Trinajstić information content (AvgIpc) is 2.95. The van der Waals surface area contributed by atoms with Crippen molar-refractivity contribution in [2.24, 2.45) is 5.92 Å². The molecule has 198 valence electrons. The van der Waals surface area contributed by atoms with E-state index in [1.165, 1.54) is 39.3 Å². The molecule has 2 bridgehead atoms. The monoisotopic (exact) mass is 531 g/mol. The third kappa shape index (κ3) is 7.58. The molecule has 3 aromatic carbocycles. The molecule has 3 saturated heterocycles. The predicted octanol–water partition coefficient (Wildman–Crippen LogP) is 6.30. The molecule has 2 unspecified atom stereocenters. The van der Waals surface area contributed by atoms with Crippen molar-refractivity contribution in [3.63, 3.8) is 0 Å². The van der Waals surface area contributed by atoms with Crippen molar-refractivity contribution in [3.8, 4) is 17.6 Å². The zero-order chi connectivity index (χ0) is 26.9. The SMILES string of the molecule is C1CN2CCN1CC2.CC(C)C(C(=O)OC(C#N)c1cccc(Oc2ccccc2)c1)c1ccc(Cl)cc1. The standard InChI is InChI=1S/C25H22ClNO3.C6H12N2/c1-17(2)24(18-11-13-20(26)14-12-18)25(28)30-23(16-27)19-7-6-10-22(15-19)29-21-8-4-3-5-9-21;1-2-8-5-3-7(1)4-6-8/h3-15,17,23-24H,1-2H3;1-6H2. The largest absolute Gasteiger partial charge is 0.457 e. The molecule has 38 heavy (non-hydrogen) atoms. The number of piperazine rings is 3. The number of esters is 1. The second kappa shape index (κ2) is 13.4. The van der Waals surface area contributed by atoms with Gasteiger partial charge in [0, 0.05) is 49.9 Å². The summed E-state index contributed by atoms with van der Waals surface area (Å²) in [5.74, 6) is 0.289. The molecule has 0 radical (unpaired) electrons. The highest BCUT2D eigenvalue weighted by Gasteiger charge is 2.29. The van der Waals surface area contributed by atoms with Crippen molar-refractivity contribution in [1.29, 1.82) is 5.26 Å². The van der Waals surface area contributed by atoms with Crippen molar-refractivity contribution in [2.45, 2.75) is 25.9 Å². The molecule has 0 spiro atoms. The Morgan fingerprint density at radius 3 is 1.92 bits per heavy atom. The van der Waals surface area contributed by atoms with Gasteiger partial charge in [0.1, 0.15) is 17.6 Å². The molecule has 0 amide bonds. The van der Waals surface area contributed by atoms with E-state index in [0.29, 0.717) is 22.1 Å². The molecule has 3 aliphatic heterocycles. The Morgan fingerprint density at radius 2 is 1.39 bits per heavy atom. The molecule has 0 aliphatic carbocycles. The van der Waals surface area contributed by atoms with Gasteiger partial charge in [-0.3, -0.25) is 14.6 Å². The van der Waals surface area contributed by atoms with Crippen LogP contribution in [0.5, 0.6) is 11.5 Å². The van der Waals surface area contributed by atoms with Gasteiger partial charge in [0.25, 0.3) is 0 Å². The van der Waals surface area contributed by atoms with Crippen molar-refractivity contribution in [2.75, 3.05) is 39.3 Å². The number of nitriles is 1. The number of nitrogens with zero attached hydrogens (tertiary/aromatic N) is 3. The predicted molar refractivity (Wildman–Crippen MR) is 149 cm³/mol. The third-order valence-corrected chi connectivity index (χ3v) is 7.09. The Labute approximate surface area is 230 Å². The summed E-state index contributed by atoms with van der Waals surface area (Å²) in [5.41, 5.74) is 1.36. The van der Waals surface area contributed by atoms with Crippen LogP contribution in [-0.4, -0.2) is 55.0 Å². The van der Waals surface area contributed by atoms with Crippen molar-refractivity contribution in [1.82, 2.24) is 9.80 Å². The summed E-state index contributed by atoms with van der Waals surface area (Å²) in [5, 5.41) is 10.2. The summed E-state index contributed by atoms with van der Waals surface area (Å²) >= 11 is 5.96. The average molecular weight is 532 g/mol. The number of benzene rings is 3. The molecule has 6 rings (SSSR count). The second-order valence-corrected chi connectivity index (χ2v) is 10.3. The van der Waals surface area contributed by atoms with Gasteiger partial charge in [-0.25, -0.2) is 0 Å². The van der Waals surface area contributed by atoms with Crippen LogP contribution in [0.25, 0.3) is 0 Å². The first-order chi connectivity index (χ1) is 18.4. The Hall–Kier alpha value is -3.37. The second-order valence-electron chi connectivity index (χ2n) is 9.89. The summed E-state index contributed by atoms with van der Waals surface area (Å²) in [6.45, 7) is 11.8. The van der Waals surface area contributed by atoms with Crippen molar-refractivity contribution < 1.29 is 14.3 Å². The minimum absolute atomic E-state index is 0.00855. The van der Waals surface area contributed by atoms with Crippen molar-refractivity contribution >= 4 is 17.6 Å². The normalized spacial score (nSPS) is 19.4. The van der Waals surface area contributed by atoms with Gasteiger partial charge in [-0.05, 0) is 47.9 Å². The highest BCUT2D eigenvalue weighted by molar-refractivity contribution is 6.30. The molecular weight excluding hydrogens is 498 g/mol. The number of rotatable bonds is 7. The van der Waals surface area contributed by atoms with E-state index in [0.717, 1.165) is 5.56 Å². The van der Waals surface area contributed by atoms with Crippen molar-refractivity contribution in [3.05, 3.63) is 95.0 Å². The Balaban J connectivity index is 0.000000353. The van der Waals surface area contributed by atoms with E-state index in [4.69, 9.17) is 21.1 Å². The zero-order valence-electron chi connectivity index (χ0n) is 21.9. The molecule has 3 fully saturated rings. The number of fused-ring (bicyclic) bond motifs is 3. The van der Waals surface area contributed by atoms with E-state index in [1.54, 1.807) is 36.4 Å². The van der Waals surface area contributed by atoms with Gasteiger partial charge in [0.05, 0.1) is 5.92 Å². The summed E-state index contributed by atoms with van der Waals surface area (Å²) in [4.78, 5) is 18.0. The lowest BCUT2D eigenvalue weighted by Crippen LogP contribution is -2.55. The molecule has 3 aliphatic rings. The lowest BCUT2D eigenvalue weighted by atomic mass is 9.88. The maximum Gasteiger partial charge on any atom is 0.315 e. The van der Waals surface area contributed by atoms with Gasteiger partial charge in [-0.1, -0.05) is 67.9 Å². The van der Waals surface area contributed by atoms with Crippen LogP contribution in [0.2, 0.25) is 5.02 Å². The van der Waals surface area contributed by atoms with Gasteiger partial charge in [-0.15, -0.1) is 0 Å². The molecule has 0 N–H and O–H groups in total. The molecule has 3 heterocycles. The molecule has 7 heteroatoms. The topological polar surface area (TPSA) is 65.8 Å². The van der Waals surface area contributed by atoms with Gasteiger partial charge in [-0.2, -0.15) is 5.26 Å². The Bertz CT molecular complexity index is 1200. The van der Waals surface area contributed by atoms with E-state index in [2.05, 4.69) is 15.9 Å². The number of halogens is 1. The fourth-order valence-electron chi connectivity index (χ4n) is 4.71. The molecule has 6 nitrogen and oxygen atoms in total. The number of ether oxygens (including phenoxy) is 2. The first-order valence-corrected chi connectivity index (χ1v) is 13.4. The van der Waals surface area contributed by atoms with Crippen LogP contribution in [0.1, 0.15) is 37.0 Å². The number of hydrogen-bond acceptors (Lipinski definition) is 6. The maximum atomic E-state index is 13.0. The first kappa shape index (κ1) is 27.7. The summed E-state index contributed by atoms with van der Waals surface area (Å²) in [7, 11) is 0. The van der Waals surface area contributed by atoms with Crippen LogP contribution in [-0.2, 0) is 9.53 Å². The quantitative estimate of drug-likeness (QED) is 0.333. The lowest BCUT2D eigenvalue weighted by molar-refractivity contribution is -0.150. The third-order valence-electron chi connectivity index (χ3n) is 6.84. The summed E-state index contributed by atoms with van der Waals surface area (Å²) in [6, 6.07) is 25.5. The highest BCUT2D eigenvalue weighted by Crippen LogP contribution is 2.31. The number of carbonyl (C=O) groups excluding carboxylic acids is 1. The Kier molecular flexibility index (Phi) is 9.78. The summed E-state index contributed by atoms with van der Waals surface area (Å²) in [6.07, 6.45) is -1.04. The van der Waals surface area contributed by atoms with Crippen LogP contribution in [0.15, 0.2) is 78.9 Å². The van der Waals surface area contributed by atoms with Crippen LogP contribution in [0.4, 0.5) is 0 Å². The van der Waals surface area contributed by atoms with E-state index in [9.17, 15) is 10.1 Å². The van der Waals surface area contributed by atoms with E-state index < -0.39 is 18.0 Å². The van der Waals surface area contributed by atoms with Crippen LogP contribution in [0.3, 0.4) is 0 Å². The first-order valence-electron chi connectivity index (χ1n) is 13.1. The molecular formula is C31H34ClN3O3. The van der Waals surface area contributed by atoms with Crippen LogP contribution < -0.4 is 4.74 Å². The minimum atomic E-state index is -1.04. The molecule has 2 atom stereocenters. The number of hydrogen-bond donors (Lipinski definition) is 0. The Morgan fingerprint density at radius 1 is 0.816 bits per heavy atom. The van der Waals surface area contributed by atoms with Crippen LogP contribution >= 0.6 is 11.6 Å². The van der Waals surface area contributed by atoms with E-state index in [1.807, 2.05) is 56.3 Å². The maximum absolute atomic E-state index is 13.0. The number of carbonyl (C=O) groups is 1. The van der Waals surface area contributed by atoms with Gasteiger partial charge < -0.3 is 9.47 Å². The minimum Gasteiger partial charge on any atom is -0.457 e. The van der Waals surface area contributed by atoms with Gasteiger partial charge >= 0.3 is 5.97 Å². The zero-order valence-corrected chi connectivity index (χ0v) is 22.7. The highest BCUT2D eigenvalue weighted by atomic mass is 35.5. The summed E-state index contributed by atoms with van der Waals surface area (Å²) < 4.78 is 11.4. The van der Waals surface area contributed by atoms with Gasteiger partial charge in [0.15, 0.2) is 0 Å². The molecule has 3 aromatic rings. The fraction of sp³-hybridized carbons (Fsp3) is 0.355. The van der Waals surface area contributed by atoms with E-state index >= 15 is 0 Å².